The number of nitro groups is 1. The summed E-state index contributed by atoms with van der Waals surface area (Å²) in [5.41, 5.74) is 0. The van der Waals surface area contributed by atoms with Gasteiger partial charge in [0, 0.05) is 13.3 Å². The van der Waals surface area contributed by atoms with E-state index >= 15 is 0 Å². The second-order valence-corrected chi connectivity index (χ2v) is 3.74. The molecule has 1 heterocycles. The van der Waals surface area contributed by atoms with Crippen LogP contribution in [0.2, 0.25) is 0 Å². The minimum Gasteiger partial charge on any atom is -0.358 e. The van der Waals surface area contributed by atoms with Crippen molar-refractivity contribution in [2.24, 2.45) is 12.0 Å². The van der Waals surface area contributed by atoms with E-state index in [2.05, 4.69) is 15.3 Å². The summed E-state index contributed by atoms with van der Waals surface area (Å²) in [6.07, 6.45) is 7.57. The highest BCUT2D eigenvalue weighted by Crippen LogP contribution is 2.21. The van der Waals surface area contributed by atoms with E-state index < -0.39 is 4.92 Å². The summed E-state index contributed by atoms with van der Waals surface area (Å²) in [6.45, 7) is 3.85. The monoisotopic (exact) mass is 251 g/mol. The summed E-state index contributed by atoms with van der Waals surface area (Å²) in [7, 11) is 1.69. The van der Waals surface area contributed by atoms with Gasteiger partial charge in [0.1, 0.15) is 6.17 Å². The first kappa shape index (κ1) is 13.9. The highest BCUT2D eigenvalue weighted by atomic mass is 16.6. The van der Waals surface area contributed by atoms with Crippen molar-refractivity contribution < 1.29 is 4.92 Å². The number of aliphatic imine (C=N–C) groups is 1. The standard InChI is InChI=1S/C11H17N5O2/c1-4-5-6-7-12-9(2)14-11-10(16(17)18)13-8-15(11)3/h5-9,14H,4H2,1-3H3/b6-5-,12-7?. The molecule has 18 heavy (non-hydrogen) atoms. The largest absolute Gasteiger partial charge is 0.406 e. The third-order valence-corrected chi connectivity index (χ3v) is 2.20. The molecular formula is C11H17N5O2. The molecule has 1 aromatic rings. The van der Waals surface area contributed by atoms with Crippen LogP contribution in [0.15, 0.2) is 23.5 Å². The molecule has 0 radical (unpaired) electrons. The first-order valence-corrected chi connectivity index (χ1v) is 5.66. The minimum absolute atomic E-state index is 0.191. The van der Waals surface area contributed by atoms with Crippen LogP contribution < -0.4 is 5.32 Å². The van der Waals surface area contributed by atoms with E-state index in [4.69, 9.17) is 0 Å². The SMILES string of the molecule is CC/C=C\C=NC(C)Nc1c([N+](=O)[O-])ncn1C. The summed E-state index contributed by atoms with van der Waals surface area (Å²) in [5, 5.41) is 13.7. The molecule has 1 rings (SSSR count). The van der Waals surface area contributed by atoms with Crippen LogP contribution in [0.1, 0.15) is 20.3 Å². The van der Waals surface area contributed by atoms with Crippen LogP contribution in [-0.2, 0) is 7.05 Å². The molecule has 0 fully saturated rings. The van der Waals surface area contributed by atoms with E-state index in [0.717, 1.165) is 6.42 Å². The molecule has 0 aliphatic heterocycles. The number of hydrogen-bond acceptors (Lipinski definition) is 5. The number of aromatic nitrogens is 2. The first-order chi connectivity index (χ1) is 8.56. The van der Waals surface area contributed by atoms with Gasteiger partial charge in [0.05, 0.1) is 0 Å². The normalized spacial score (nSPS) is 13.3. The van der Waals surface area contributed by atoms with Crippen LogP contribution >= 0.6 is 0 Å². The van der Waals surface area contributed by atoms with E-state index in [9.17, 15) is 10.1 Å². The van der Waals surface area contributed by atoms with Gasteiger partial charge < -0.3 is 15.4 Å². The zero-order valence-electron chi connectivity index (χ0n) is 10.7. The van der Waals surface area contributed by atoms with Crippen molar-refractivity contribution >= 4 is 17.9 Å². The molecule has 7 heteroatoms. The third-order valence-electron chi connectivity index (χ3n) is 2.20. The van der Waals surface area contributed by atoms with Gasteiger partial charge in [-0.25, -0.2) is 0 Å². The highest BCUT2D eigenvalue weighted by molar-refractivity contribution is 5.71. The van der Waals surface area contributed by atoms with Crippen LogP contribution in [0.5, 0.6) is 0 Å². The third kappa shape index (κ3) is 3.69. The summed E-state index contributed by atoms with van der Waals surface area (Å²) in [6, 6.07) is 0. The molecule has 98 valence electrons. The molecule has 0 aliphatic carbocycles. The van der Waals surface area contributed by atoms with E-state index in [1.807, 2.05) is 26.0 Å². The predicted molar refractivity (Wildman–Crippen MR) is 70.9 cm³/mol. The molecule has 0 bridgehead atoms. The number of nitrogens with zero attached hydrogens (tertiary/aromatic N) is 4. The second kappa shape index (κ2) is 6.53. The molecule has 1 aromatic heterocycles. The number of nitrogens with one attached hydrogen (secondary N) is 1. The number of allylic oxidation sites excluding steroid dienone is 2. The molecule has 0 saturated heterocycles. The fourth-order valence-electron chi connectivity index (χ4n) is 1.33. The van der Waals surface area contributed by atoms with Gasteiger partial charge in [0.25, 0.3) is 0 Å². The van der Waals surface area contributed by atoms with Crippen molar-refractivity contribution in [1.82, 2.24) is 9.55 Å². The molecule has 0 aromatic carbocycles. The molecule has 0 saturated carbocycles. The number of imidazole rings is 1. The van der Waals surface area contributed by atoms with Crippen LogP contribution in [-0.4, -0.2) is 26.9 Å². The van der Waals surface area contributed by atoms with Crippen molar-refractivity contribution in [3.63, 3.8) is 0 Å². The average Bonchev–Trinajstić information content (AvgIpc) is 2.67. The Morgan fingerprint density at radius 3 is 3.06 bits per heavy atom. The van der Waals surface area contributed by atoms with Gasteiger partial charge in [-0.2, -0.15) is 0 Å². The zero-order valence-corrected chi connectivity index (χ0v) is 10.7. The highest BCUT2D eigenvalue weighted by Gasteiger charge is 2.20. The van der Waals surface area contributed by atoms with Gasteiger partial charge in [0.15, 0.2) is 0 Å². The van der Waals surface area contributed by atoms with Crippen molar-refractivity contribution in [2.45, 2.75) is 26.4 Å². The Morgan fingerprint density at radius 2 is 2.44 bits per heavy atom. The molecular weight excluding hydrogens is 234 g/mol. The van der Waals surface area contributed by atoms with Gasteiger partial charge in [0.2, 0.25) is 12.1 Å². The lowest BCUT2D eigenvalue weighted by atomic mass is 10.4. The molecule has 1 unspecified atom stereocenters. The maximum Gasteiger partial charge on any atom is 0.406 e. The second-order valence-electron chi connectivity index (χ2n) is 3.74. The maximum atomic E-state index is 10.8. The number of aryl methyl sites for hydroxylation is 1. The Hall–Kier alpha value is -2.18. The van der Waals surface area contributed by atoms with E-state index in [0.29, 0.717) is 5.82 Å². The summed E-state index contributed by atoms with van der Waals surface area (Å²) >= 11 is 0. The molecule has 0 aliphatic rings. The Bertz CT molecular complexity index is 464. The zero-order chi connectivity index (χ0) is 13.5. The van der Waals surface area contributed by atoms with Gasteiger partial charge in [-0.3, -0.25) is 9.56 Å². The summed E-state index contributed by atoms with van der Waals surface area (Å²) < 4.78 is 1.56. The Kier molecular flexibility index (Phi) is 5.04. The van der Waals surface area contributed by atoms with Gasteiger partial charge in [-0.05, 0) is 29.3 Å². The molecule has 1 atom stereocenters. The fraction of sp³-hybridized carbons (Fsp3) is 0.455. The Morgan fingerprint density at radius 1 is 1.72 bits per heavy atom. The van der Waals surface area contributed by atoms with Crippen LogP contribution in [0.4, 0.5) is 11.6 Å². The van der Waals surface area contributed by atoms with Gasteiger partial charge in [-0.15, -0.1) is 0 Å². The molecule has 1 N–H and O–H groups in total. The quantitative estimate of drug-likeness (QED) is 0.476. The first-order valence-electron chi connectivity index (χ1n) is 5.66. The Balaban J connectivity index is 2.72. The lowest BCUT2D eigenvalue weighted by Gasteiger charge is -2.09. The van der Waals surface area contributed by atoms with Crippen LogP contribution in [0.3, 0.4) is 0 Å². The topological polar surface area (TPSA) is 85.3 Å². The van der Waals surface area contributed by atoms with Crippen molar-refractivity contribution in [2.75, 3.05) is 5.32 Å². The molecule has 7 nitrogen and oxygen atoms in total. The smallest absolute Gasteiger partial charge is 0.358 e. The van der Waals surface area contributed by atoms with Gasteiger partial charge >= 0.3 is 5.82 Å². The Labute approximate surface area is 105 Å². The van der Waals surface area contributed by atoms with Crippen molar-refractivity contribution in [1.29, 1.82) is 0 Å². The fourth-order valence-corrected chi connectivity index (χ4v) is 1.33. The van der Waals surface area contributed by atoms with Crippen LogP contribution in [0, 0.1) is 10.1 Å². The lowest BCUT2D eigenvalue weighted by molar-refractivity contribution is -0.388. The molecule has 0 amide bonds. The van der Waals surface area contributed by atoms with Crippen molar-refractivity contribution in [3.8, 4) is 0 Å². The molecule has 0 spiro atoms. The van der Waals surface area contributed by atoms with E-state index in [1.165, 1.54) is 6.33 Å². The number of hydrogen-bond donors (Lipinski definition) is 1. The lowest BCUT2D eigenvalue weighted by Crippen LogP contribution is -2.15. The average molecular weight is 251 g/mol. The van der Waals surface area contributed by atoms with Gasteiger partial charge in [-0.1, -0.05) is 13.0 Å². The van der Waals surface area contributed by atoms with E-state index in [1.54, 1.807) is 17.8 Å². The van der Waals surface area contributed by atoms with Crippen molar-refractivity contribution in [3.05, 3.63) is 28.6 Å². The van der Waals surface area contributed by atoms with Crippen LogP contribution in [0.25, 0.3) is 0 Å². The predicted octanol–water partition coefficient (Wildman–Crippen LogP) is 2.12. The summed E-state index contributed by atoms with van der Waals surface area (Å²) in [5.74, 6) is 0.160. The van der Waals surface area contributed by atoms with E-state index in [-0.39, 0.29) is 12.0 Å². The maximum absolute atomic E-state index is 10.8. The summed E-state index contributed by atoms with van der Waals surface area (Å²) in [4.78, 5) is 18.1. The number of anilines is 1. The minimum atomic E-state index is -0.518. The number of rotatable bonds is 6.